The average Bonchev–Trinajstić information content (AvgIpc) is 3.55. The largest absolute Gasteiger partial charge is 0.465 e. The molecule has 1 fully saturated rings. The number of aryl methyl sites for hydroxylation is 1. The maximum Gasteiger partial charge on any atom is 0.337 e. The van der Waals surface area contributed by atoms with Gasteiger partial charge in [0, 0.05) is 26.1 Å². The van der Waals surface area contributed by atoms with Crippen molar-refractivity contribution in [2.45, 2.75) is 52.1 Å². The molecule has 0 saturated carbocycles. The highest BCUT2D eigenvalue weighted by Crippen LogP contribution is 2.31. The second kappa shape index (κ2) is 9.60. The van der Waals surface area contributed by atoms with Crippen molar-refractivity contribution in [2.24, 2.45) is 5.92 Å². The van der Waals surface area contributed by atoms with Crippen molar-refractivity contribution in [1.29, 1.82) is 0 Å². The molecule has 0 radical (unpaired) electrons. The zero-order chi connectivity index (χ0) is 23.5. The fraction of sp³-hybridized carbons (Fsp3) is 0.522. The topological polar surface area (TPSA) is 118 Å². The van der Waals surface area contributed by atoms with Gasteiger partial charge in [-0.05, 0) is 43.4 Å². The van der Waals surface area contributed by atoms with Crippen molar-refractivity contribution < 1.29 is 19.1 Å². The van der Waals surface area contributed by atoms with Gasteiger partial charge in [0.1, 0.15) is 5.82 Å². The van der Waals surface area contributed by atoms with E-state index in [-0.39, 0.29) is 5.92 Å². The van der Waals surface area contributed by atoms with Gasteiger partial charge in [0.05, 0.1) is 30.1 Å². The minimum Gasteiger partial charge on any atom is -0.465 e. The van der Waals surface area contributed by atoms with Gasteiger partial charge in [-0.2, -0.15) is 0 Å². The van der Waals surface area contributed by atoms with Crippen LogP contribution in [0.3, 0.4) is 0 Å². The Morgan fingerprint density at radius 2 is 1.79 bits per heavy atom. The molecular formula is C23H30N6O4. The molecule has 1 saturated heterocycles. The second-order valence-electron chi connectivity index (χ2n) is 8.80. The minimum atomic E-state index is -0.802. The Kier molecular flexibility index (Phi) is 6.62. The first-order valence-corrected chi connectivity index (χ1v) is 11.4. The number of amides is 2. The van der Waals surface area contributed by atoms with Gasteiger partial charge in [-0.3, -0.25) is 9.59 Å². The number of esters is 1. The van der Waals surface area contributed by atoms with Gasteiger partial charge in [-0.1, -0.05) is 13.8 Å². The van der Waals surface area contributed by atoms with Gasteiger partial charge in [0.25, 0.3) is 0 Å². The molecule has 1 atom stereocenters. The number of benzene rings is 1. The number of aromatic nitrogens is 3. The fourth-order valence-electron chi connectivity index (χ4n) is 4.43. The Balaban J connectivity index is 1.53. The number of nitrogens with zero attached hydrogens (tertiary/aromatic N) is 4. The van der Waals surface area contributed by atoms with Crippen molar-refractivity contribution in [3.8, 4) is 0 Å². The van der Waals surface area contributed by atoms with Gasteiger partial charge in [-0.25, -0.2) is 4.79 Å². The molecule has 10 nitrogen and oxygen atoms in total. The van der Waals surface area contributed by atoms with Crippen LogP contribution in [0.25, 0.3) is 0 Å². The van der Waals surface area contributed by atoms with Gasteiger partial charge in [-0.15, -0.1) is 10.2 Å². The number of methoxy groups -OCH3 is 1. The molecule has 10 heteroatoms. The third-order valence-electron chi connectivity index (χ3n) is 6.19. The summed E-state index contributed by atoms with van der Waals surface area (Å²) in [5.74, 6) is -0.487. The normalized spacial score (nSPS) is 15.9. The lowest BCUT2D eigenvalue weighted by molar-refractivity contribution is -0.136. The lowest BCUT2D eigenvalue weighted by atomic mass is 10.0. The predicted molar refractivity (Wildman–Crippen MR) is 122 cm³/mol. The van der Waals surface area contributed by atoms with Crippen LogP contribution in [-0.4, -0.2) is 52.7 Å². The van der Waals surface area contributed by atoms with Crippen LogP contribution < -0.4 is 15.5 Å². The minimum absolute atomic E-state index is 0.0125. The summed E-state index contributed by atoms with van der Waals surface area (Å²) in [4.78, 5) is 39.9. The van der Waals surface area contributed by atoms with Crippen LogP contribution in [0.5, 0.6) is 0 Å². The second-order valence-corrected chi connectivity index (χ2v) is 8.80. The van der Waals surface area contributed by atoms with Gasteiger partial charge < -0.3 is 24.8 Å². The number of carbonyl (C=O) groups excluding carboxylic acids is 3. The van der Waals surface area contributed by atoms with Crippen LogP contribution in [-0.2, 0) is 27.3 Å². The van der Waals surface area contributed by atoms with E-state index in [9.17, 15) is 14.4 Å². The molecular weight excluding hydrogens is 424 g/mol. The molecule has 2 amide bonds. The summed E-state index contributed by atoms with van der Waals surface area (Å²) < 4.78 is 6.83. The molecule has 4 rings (SSSR count). The van der Waals surface area contributed by atoms with Crippen molar-refractivity contribution in [2.75, 3.05) is 30.4 Å². The van der Waals surface area contributed by atoms with Crippen LogP contribution in [0.1, 0.15) is 61.2 Å². The molecule has 3 heterocycles. The maximum absolute atomic E-state index is 12.9. The van der Waals surface area contributed by atoms with Crippen molar-refractivity contribution in [3.63, 3.8) is 0 Å². The average molecular weight is 455 g/mol. The summed E-state index contributed by atoms with van der Waals surface area (Å²) in [6.45, 7) is 6.43. The molecule has 0 spiro atoms. The number of fused-ring (bicyclic) bond motifs is 1. The summed E-state index contributed by atoms with van der Waals surface area (Å²) in [5, 5.41) is 14.0. The molecule has 2 N–H and O–H groups in total. The Hall–Kier alpha value is -3.43. The summed E-state index contributed by atoms with van der Waals surface area (Å²) >= 11 is 0. The van der Waals surface area contributed by atoms with Crippen LogP contribution in [0.15, 0.2) is 18.2 Å². The molecule has 2 aliphatic heterocycles. The van der Waals surface area contributed by atoms with Crippen LogP contribution in [0.4, 0.5) is 11.4 Å². The first-order chi connectivity index (χ1) is 15.9. The van der Waals surface area contributed by atoms with Crippen molar-refractivity contribution >= 4 is 29.2 Å². The number of nitrogens with one attached hydrogen (secondary N) is 2. The number of anilines is 2. The third-order valence-corrected chi connectivity index (χ3v) is 6.19. The number of rotatable bonds is 6. The smallest absolute Gasteiger partial charge is 0.337 e. The molecule has 0 aliphatic carbocycles. The molecule has 1 aromatic heterocycles. The van der Waals surface area contributed by atoms with Gasteiger partial charge >= 0.3 is 17.8 Å². The van der Waals surface area contributed by atoms with E-state index >= 15 is 0 Å². The monoisotopic (exact) mass is 454 g/mol. The van der Waals surface area contributed by atoms with Crippen molar-refractivity contribution in [1.82, 2.24) is 20.1 Å². The number of hydrogen-bond acceptors (Lipinski definition) is 7. The Morgan fingerprint density at radius 3 is 2.48 bits per heavy atom. The van der Waals surface area contributed by atoms with Crippen molar-refractivity contribution in [3.05, 3.63) is 35.4 Å². The van der Waals surface area contributed by atoms with Crippen LogP contribution >= 0.6 is 0 Å². The highest BCUT2D eigenvalue weighted by molar-refractivity contribution is 6.40. The van der Waals surface area contributed by atoms with E-state index in [0.717, 1.165) is 56.8 Å². The SMILES string of the molecule is COC(=O)c1ccc(N2CCCC2)c(NC(=O)C(=O)N[C@@H](c2nnc3n2CCC3)C(C)C)c1. The van der Waals surface area contributed by atoms with E-state index in [4.69, 9.17) is 4.74 Å². The predicted octanol–water partition coefficient (Wildman–Crippen LogP) is 2.06. The molecule has 2 aromatic rings. The molecule has 0 bridgehead atoms. The van der Waals surface area contributed by atoms with E-state index in [1.165, 1.54) is 7.11 Å². The lowest BCUT2D eigenvalue weighted by Gasteiger charge is -2.23. The van der Waals surface area contributed by atoms with E-state index in [1.807, 2.05) is 18.4 Å². The van der Waals surface area contributed by atoms with E-state index in [0.29, 0.717) is 17.1 Å². The number of carbonyl (C=O) groups is 3. The highest BCUT2D eigenvalue weighted by Gasteiger charge is 2.30. The molecule has 0 unspecified atom stereocenters. The standard InChI is InChI=1S/C23H30N6O4/c1-14(2)19(20-27-26-18-7-6-12-29(18)20)25-22(31)21(30)24-16-13-15(23(32)33-3)8-9-17(16)28-10-4-5-11-28/h8-9,13-14,19H,4-7,10-12H2,1-3H3,(H,24,30)(H,25,31)/t19-/m1/s1. The molecule has 2 aliphatic rings. The van der Waals surface area contributed by atoms with E-state index < -0.39 is 23.8 Å². The summed E-state index contributed by atoms with van der Waals surface area (Å²) in [6, 6.07) is 4.55. The summed E-state index contributed by atoms with van der Waals surface area (Å²) in [6.07, 6.45) is 3.95. The first kappa shape index (κ1) is 22.8. The highest BCUT2D eigenvalue weighted by atomic mass is 16.5. The van der Waals surface area contributed by atoms with Gasteiger partial charge in [0.15, 0.2) is 5.82 Å². The molecule has 1 aromatic carbocycles. The fourth-order valence-corrected chi connectivity index (χ4v) is 4.43. The Labute approximate surface area is 192 Å². The number of ether oxygens (including phenoxy) is 1. The summed E-state index contributed by atoms with van der Waals surface area (Å²) in [7, 11) is 1.30. The zero-order valence-electron chi connectivity index (χ0n) is 19.3. The first-order valence-electron chi connectivity index (χ1n) is 11.4. The Bertz CT molecular complexity index is 1060. The van der Waals surface area contributed by atoms with E-state index in [2.05, 4.69) is 25.7 Å². The van der Waals surface area contributed by atoms with Crippen LogP contribution in [0, 0.1) is 5.92 Å². The lowest BCUT2D eigenvalue weighted by Crippen LogP contribution is -2.40. The van der Waals surface area contributed by atoms with Gasteiger partial charge in [0.2, 0.25) is 0 Å². The number of hydrogen-bond donors (Lipinski definition) is 2. The zero-order valence-corrected chi connectivity index (χ0v) is 19.3. The van der Waals surface area contributed by atoms with Crippen LogP contribution in [0.2, 0.25) is 0 Å². The Morgan fingerprint density at radius 1 is 1.03 bits per heavy atom. The molecule has 33 heavy (non-hydrogen) atoms. The quantitative estimate of drug-likeness (QED) is 0.507. The molecule has 176 valence electrons. The third kappa shape index (κ3) is 4.69. The summed E-state index contributed by atoms with van der Waals surface area (Å²) in [5.41, 5.74) is 1.48. The maximum atomic E-state index is 12.9. The van der Waals surface area contributed by atoms with E-state index in [1.54, 1.807) is 18.2 Å².